The van der Waals surface area contributed by atoms with Crippen molar-refractivity contribution in [2.45, 2.75) is 103 Å². The fourth-order valence-electron chi connectivity index (χ4n) is 3.49. The molecule has 30 heavy (non-hydrogen) atoms. The van der Waals surface area contributed by atoms with E-state index in [2.05, 4.69) is 12.2 Å². The number of non-ortho nitro benzene ring substituents is 1. The Labute approximate surface area is 182 Å². The summed E-state index contributed by atoms with van der Waals surface area (Å²) in [6.45, 7) is 2.27. The second kappa shape index (κ2) is 17.7. The quantitative estimate of drug-likeness (QED) is 0.151. The number of nitro benzene ring substituents is 1. The smallest absolute Gasteiger partial charge is 0.269 e. The molecule has 0 aliphatic carbocycles. The van der Waals surface area contributed by atoms with Gasteiger partial charge in [0.05, 0.1) is 4.92 Å². The number of nitrogens with zero attached hydrogens (tertiary/aromatic N) is 1. The molecular formula is C25H40N2O3. The maximum atomic E-state index is 12.0. The molecule has 0 bridgehead atoms. The van der Waals surface area contributed by atoms with Crippen LogP contribution in [0.1, 0.15) is 114 Å². The number of hydrogen-bond acceptors (Lipinski definition) is 3. The van der Waals surface area contributed by atoms with Gasteiger partial charge in [0.25, 0.3) is 11.6 Å². The molecule has 0 heterocycles. The van der Waals surface area contributed by atoms with Gasteiger partial charge in [-0.3, -0.25) is 14.9 Å². The van der Waals surface area contributed by atoms with Gasteiger partial charge in [-0.2, -0.15) is 0 Å². The second-order valence-corrected chi connectivity index (χ2v) is 8.06. The number of amides is 1. The van der Waals surface area contributed by atoms with Gasteiger partial charge >= 0.3 is 0 Å². The van der Waals surface area contributed by atoms with E-state index in [1.807, 2.05) is 6.08 Å². The first-order valence-electron chi connectivity index (χ1n) is 11.9. The molecule has 5 heteroatoms. The number of rotatable bonds is 18. The van der Waals surface area contributed by atoms with E-state index in [1.54, 1.807) is 6.20 Å². The van der Waals surface area contributed by atoms with Crippen LogP contribution in [0.25, 0.3) is 0 Å². The predicted molar refractivity (Wildman–Crippen MR) is 125 cm³/mol. The van der Waals surface area contributed by atoms with Crippen molar-refractivity contribution in [1.29, 1.82) is 0 Å². The molecule has 1 amide bonds. The first-order valence-corrected chi connectivity index (χ1v) is 11.9. The molecule has 168 valence electrons. The average Bonchev–Trinajstić information content (AvgIpc) is 2.75. The van der Waals surface area contributed by atoms with E-state index in [4.69, 9.17) is 0 Å². The molecule has 0 saturated heterocycles. The van der Waals surface area contributed by atoms with Crippen molar-refractivity contribution in [3.05, 3.63) is 52.2 Å². The van der Waals surface area contributed by atoms with E-state index in [9.17, 15) is 14.9 Å². The molecule has 0 aliphatic rings. The summed E-state index contributed by atoms with van der Waals surface area (Å²) in [6.07, 6.45) is 23.5. The highest BCUT2D eigenvalue weighted by Gasteiger charge is 2.07. The lowest BCUT2D eigenvalue weighted by atomic mass is 10.0. The molecule has 0 unspecified atom stereocenters. The van der Waals surface area contributed by atoms with Crippen LogP contribution >= 0.6 is 0 Å². The number of hydrogen-bond donors (Lipinski definition) is 1. The fraction of sp³-hybridized carbons (Fsp3) is 0.640. The van der Waals surface area contributed by atoms with E-state index in [0.29, 0.717) is 5.56 Å². The van der Waals surface area contributed by atoms with Crippen LogP contribution in [0.2, 0.25) is 0 Å². The molecule has 0 spiro atoms. The molecule has 1 N–H and O–H groups in total. The van der Waals surface area contributed by atoms with Gasteiger partial charge in [-0.15, -0.1) is 0 Å². The lowest BCUT2D eigenvalue weighted by Crippen LogP contribution is -2.16. The van der Waals surface area contributed by atoms with Gasteiger partial charge < -0.3 is 5.32 Å². The monoisotopic (exact) mass is 416 g/mol. The number of nitrogens with one attached hydrogen (secondary N) is 1. The molecule has 1 aromatic rings. The third-order valence-electron chi connectivity index (χ3n) is 5.40. The van der Waals surface area contributed by atoms with E-state index in [0.717, 1.165) is 12.8 Å². The maximum Gasteiger partial charge on any atom is 0.269 e. The van der Waals surface area contributed by atoms with Crippen molar-refractivity contribution in [1.82, 2.24) is 5.32 Å². The molecule has 1 aromatic carbocycles. The van der Waals surface area contributed by atoms with Crippen molar-refractivity contribution in [2.75, 3.05) is 0 Å². The fourth-order valence-corrected chi connectivity index (χ4v) is 3.49. The van der Waals surface area contributed by atoms with Crippen LogP contribution in [0, 0.1) is 10.1 Å². The largest absolute Gasteiger partial charge is 0.329 e. The lowest BCUT2D eigenvalue weighted by Gasteiger charge is -2.03. The van der Waals surface area contributed by atoms with Crippen molar-refractivity contribution >= 4 is 11.6 Å². The highest BCUT2D eigenvalue weighted by atomic mass is 16.6. The molecule has 0 saturated carbocycles. The normalized spacial score (nSPS) is 11.1. The summed E-state index contributed by atoms with van der Waals surface area (Å²) in [5.74, 6) is -0.248. The first-order chi connectivity index (χ1) is 14.6. The molecular weight excluding hydrogens is 376 g/mol. The van der Waals surface area contributed by atoms with Crippen LogP contribution in [0.5, 0.6) is 0 Å². The Morgan fingerprint density at radius 1 is 0.833 bits per heavy atom. The van der Waals surface area contributed by atoms with Gasteiger partial charge in [0.15, 0.2) is 0 Å². The third-order valence-corrected chi connectivity index (χ3v) is 5.40. The number of carbonyl (C=O) groups excluding carboxylic acids is 1. The van der Waals surface area contributed by atoms with Gasteiger partial charge in [0, 0.05) is 23.9 Å². The highest BCUT2D eigenvalue weighted by Crippen LogP contribution is 2.14. The molecule has 0 aliphatic heterocycles. The van der Waals surface area contributed by atoms with E-state index in [-0.39, 0.29) is 11.6 Å². The van der Waals surface area contributed by atoms with Gasteiger partial charge in [-0.25, -0.2) is 0 Å². The summed E-state index contributed by atoms with van der Waals surface area (Å²) in [4.78, 5) is 22.1. The van der Waals surface area contributed by atoms with Gasteiger partial charge in [0.1, 0.15) is 0 Å². The Kier molecular flexibility index (Phi) is 15.2. The Balaban J connectivity index is 1.91. The number of benzene rings is 1. The maximum absolute atomic E-state index is 12.0. The molecule has 0 aromatic heterocycles. The van der Waals surface area contributed by atoms with Crippen LogP contribution < -0.4 is 5.32 Å². The molecule has 0 atom stereocenters. The van der Waals surface area contributed by atoms with Crippen LogP contribution in [0.15, 0.2) is 36.5 Å². The summed E-state index contributed by atoms with van der Waals surface area (Å²) in [7, 11) is 0. The predicted octanol–water partition coefficient (Wildman–Crippen LogP) is 7.71. The van der Waals surface area contributed by atoms with Crippen LogP contribution in [-0.4, -0.2) is 10.8 Å². The van der Waals surface area contributed by atoms with E-state index < -0.39 is 4.92 Å². The number of allylic oxidation sites excluding steroid dienone is 1. The van der Waals surface area contributed by atoms with E-state index in [1.165, 1.54) is 108 Å². The Morgan fingerprint density at radius 3 is 1.77 bits per heavy atom. The van der Waals surface area contributed by atoms with Gasteiger partial charge in [-0.1, -0.05) is 96.5 Å². The standard InChI is InChI=1S/C25H40N2O3/c1-2-3-4-5-6-7-8-9-10-11-12-13-14-15-16-17-22-26-25(28)23-18-20-24(21-19-23)27(29)30/h17-22H,2-16H2,1H3,(H,26,28). The number of unbranched alkanes of at least 4 members (excludes halogenated alkanes) is 14. The number of carbonyl (C=O) groups is 1. The zero-order chi connectivity index (χ0) is 21.9. The summed E-state index contributed by atoms with van der Waals surface area (Å²) in [5.41, 5.74) is 0.404. The Morgan fingerprint density at radius 2 is 1.30 bits per heavy atom. The lowest BCUT2D eigenvalue weighted by molar-refractivity contribution is -0.384. The van der Waals surface area contributed by atoms with Crippen LogP contribution in [-0.2, 0) is 0 Å². The molecule has 1 rings (SSSR count). The number of nitro groups is 1. The highest BCUT2D eigenvalue weighted by molar-refractivity contribution is 5.94. The Hall–Kier alpha value is -2.17. The van der Waals surface area contributed by atoms with E-state index >= 15 is 0 Å². The van der Waals surface area contributed by atoms with Crippen molar-refractivity contribution in [3.8, 4) is 0 Å². The summed E-state index contributed by atoms with van der Waals surface area (Å²) >= 11 is 0. The molecule has 0 radical (unpaired) electrons. The summed E-state index contributed by atoms with van der Waals surface area (Å²) in [5, 5.41) is 13.3. The van der Waals surface area contributed by atoms with Crippen LogP contribution in [0.3, 0.4) is 0 Å². The topological polar surface area (TPSA) is 72.2 Å². The minimum Gasteiger partial charge on any atom is -0.329 e. The zero-order valence-electron chi connectivity index (χ0n) is 18.7. The average molecular weight is 417 g/mol. The van der Waals surface area contributed by atoms with Gasteiger partial charge in [0.2, 0.25) is 0 Å². The molecule has 0 fully saturated rings. The zero-order valence-corrected chi connectivity index (χ0v) is 18.7. The minimum absolute atomic E-state index is 0.0140. The first kappa shape index (κ1) is 25.9. The van der Waals surface area contributed by atoms with Crippen molar-refractivity contribution in [3.63, 3.8) is 0 Å². The van der Waals surface area contributed by atoms with Gasteiger partial charge in [-0.05, 0) is 25.0 Å². The third kappa shape index (κ3) is 13.1. The SMILES string of the molecule is CCCCCCCCCCCCCCCCC=CNC(=O)c1ccc([N+](=O)[O-])cc1. The van der Waals surface area contributed by atoms with Crippen molar-refractivity contribution in [2.24, 2.45) is 0 Å². The Bertz CT molecular complexity index is 611. The summed E-state index contributed by atoms with van der Waals surface area (Å²) in [6, 6.07) is 5.62. The summed E-state index contributed by atoms with van der Waals surface area (Å²) < 4.78 is 0. The second-order valence-electron chi connectivity index (χ2n) is 8.06. The van der Waals surface area contributed by atoms with Crippen LogP contribution in [0.4, 0.5) is 5.69 Å². The minimum atomic E-state index is -0.474. The molecule has 5 nitrogen and oxygen atoms in total. The van der Waals surface area contributed by atoms with Crippen molar-refractivity contribution < 1.29 is 9.72 Å².